The Morgan fingerprint density at radius 3 is 2.52 bits per heavy atom. The van der Waals surface area contributed by atoms with Crippen LogP contribution in [0.1, 0.15) is 5.56 Å². The molecule has 0 saturated heterocycles. The lowest BCUT2D eigenvalue weighted by molar-refractivity contribution is -0.253. The van der Waals surface area contributed by atoms with E-state index in [2.05, 4.69) is 14.7 Å². The Morgan fingerprint density at radius 1 is 1.14 bits per heavy atom. The van der Waals surface area contributed by atoms with Crippen LogP contribution in [0.2, 0.25) is 0 Å². The summed E-state index contributed by atoms with van der Waals surface area (Å²) in [4.78, 5) is 9.39. The largest absolute Gasteiger partial charge is 0.497 e. The van der Waals surface area contributed by atoms with Crippen molar-refractivity contribution in [3.8, 4) is 11.5 Å². The highest BCUT2D eigenvalue weighted by Gasteiger charge is 2.44. The second-order valence-electron chi connectivity index (χ2n) is 6.36. The second-order valence-corrected chi connectivity index (χ2v) is 7.33. The van der Waals surface area contributed by atoms with Crippen LogP contribution in [0.25, 0.3) is 11.0 Å². The van der Waals surface area contributed by atoms with Crippen molar-refractivity contribution < 1.29 is 27.0 Å². The number of benzene rings is 2. The maximum Gasteiger partial charge on any atom is 0.461 e. The summed E-state index contributed by atoms with van der Waals surface area (Å²) in [5.41, 5.74) is 2.98. The summed E-state index contributed by atoms with van der Waals surface area (Å²) in [5.74, 6) is 0.934. The van der Waals surface area contributed by atoms with E-state index >= 15 is 0 Å². The highest BCUT2D eigenvalue weighted by atomic mass is 32.2. The topological polar surface area (TPSA) is 50.4 Å². The summed E-state index contributed by atoms with van der Waals surface area (Å²) in [6.45, 7) is 0. The van der Waals surface area contributed by atoms with E-state index in [0.717, 1.165) is 17.0 Å². The first kappa shape index (κ1) is 21.1. The Bertz CT molecular complexity index is 995. The summed E-state index contributed by atoms with van der Waals surface area (Å²) in [7, 11) is 5.47. The first-order valence-corrected chi connectivity index (χ1v) is 9.50. The fraction of sp³-hybridized carbons (Fsp3) is 0.316. The number of halogens is 4. The lowest BCUT2D eigenvalue weighted by Crippen LogP contribution is -2.33. The van der Waals surface area contributed by atoms with Crippen LogP contribution in [0.3, 0.4) is 0 Å². The zero-order chi connectivity index (χ0) is 21.2. The number of ether oxygens (including phenoxy) is 2. The van der Waals surface area contributed by atoms with Gasteiger partial charge in [0.05, 0.1) is 18.1 Å². The van der Waals surface area contributed by atoms with Crippen molar-refractivity contribution in [3.05, 3.63) is 42.0 Å². The van der Waals surface area contributed by atoms with E-state index in [0.29, 0.717) is 21.9 Å². The molecule has 1 N–H and O–H groups in total. The zero-order valence-electron chi connectivity index (χ0n) is 15.9. The number of methoxy groups -OCH3 is 1. The van der Waals surface area contributed by atoms with Crippen LogP contribution in [0.4, 0.5) is 23.2 Å². The van der Waals surface area contributed by atoms with Crippen molar-refractivity contribution >= 4 is 28.5 Å². The number of hydrogen-bond donors (Lipinski definition) is 1. The Hall–Kier alpha value is -2.62. The van der Waals surface area contributed by atoms with E-state index < -0.39 is 12.5 Å². The number of nitrogens with zero attached hydrogens (tertiary/aromatic N) is 2. The predicted molar refractivity (Wildman–Crippen MR) is 105 cm³/mol. The number of alkyl halides is 4. The molecule has 0 unspecified atom stereocenters. The standard InChI is InChI=1S/C19H19F4N3O2S/c1-26(2)16-7-5-12(27-3)8-11(16)10-29-18-24-14-6-4-13(9-15(14)25-18)28-19(22,23)17(20)21/h4-9,17H,10H2,1-3H3,(H,24,25). The third-order valence-electron chi connectivity index (χ3n) is 4.07. The Kier molecular flexibility index (Phi) is 6.11. The lowest BCUT2D eigenvalue weighted by atomic mass is 10.2. The van der Waals surface area contributed by atoms with Crippen LogP contribution in [-0.4, -0.2) is 43.7 Å². The van der Waals surface area contributed by atoms with Gasteiger partial charge in [-0.1, -0.05) is 11.8 Å². The molecule has 0 amide bonds. The summed E-state index contributed by atoms with van der Waals surface area (Å²) >= 11 is 1.42. The average Bonchev–Trinajstić information content (AvgIpc) is 3.07. The van der Waals surface area contributed by atoms with E-state index in [1.807, 2.05) is 37.2 Å². The van der Waals surface area contributed by atoms with E-state index in [-0.39, 0.29) is 5.75 Å². The number of aromatic amines is 1. The Morgan fingerprint density at radius 2 is 1.86 bits per heavy atom. The number of fused-ring (bicyclic) bond motifs is 1. The number of nitrogens with one attached hydrogen (secondary N) is 1. The molecule has 2 aromatic carbocycles. The van der Waals surface area contributed by atoms with Gasteiger partial charge in [0.15, 0.2) is 5.16 Å². The van der Waals surface area contributed by atoms with Crippen molar-refractivity contribution in [2.75, 3.05) is 26.1 Å². The minimum Gasteiger partial charge on any atom is -0.497 e. The molecule has 3 rings (SSSR count). The normalized spacial score (nSPS) is 11.9. The van der Waals surface area contributed by atoms with Crippen LogP contribution < -0.4 is 14.4 Å². The van der Waals surface area contributed by atoms with Crippen molar-refractivity contribution in [2.24, 2.45) is 0 Å². The quantitative estimate of drug-likeness (QED) is 0.396. The monoisotopic (exact) mass is 429 g/mol. The molecular formula is C19H19F4N3O2S. The summed E-state index contributed by atoms with van der Waals surface area (Å²) in [6.07, 6.45) is -8.48. The number of H-pyrrole nitrogens is 1. The second kappa shape index (κ2) is 8.40. The molecule has 10 heteroatoms. The van der Waals surface area contributed by atoms with Gasteiger partial charge in [-0.15, -0.1) is 0 Å². The summed E-state index contributed by atoms with van der Waals surface area (Å²) in [6, 6.07) is 9.62. The maximum absolute atomic E-state index is 13.1. The molecule has 0 aliphatic rings. The molecule has 156 valence electrons. The summed E-state index contributed by atoms with van der Waals surface area (Å²) < 4.78 is 60.2. The van der Waals surface area contributed by atoms with Gasteiger partial charge < -0.3 is 19.4 Å². The van der Waals surface area contributed by atoms with E-state index in [1.54, 1.807) is 7.11 Å². The smallest absolute Gasteiger partial charge is 0.461 e. The molecule has 0 saturated carbocycles. The fourth-order valence-electron chi connectivity index (χ4n) is 2.68. The molecule has 0 atom stereocenters. The molecular weight excluding hydrogens is 410 g/mol. The Labute approximate surface area is 169 Å². The zero-order valence-corrected chi connectivity index (χ0v) is 16.7. The fourth-order valence-corrected chi connectivity index (χ4v) is 3.55. The molecule has 0 fully saturated rings. The first-order valence-electron chi connectivity index (χ1n) is 8.51. The van der Waals surface area contributed by atoms with Gasteiger partial charge in [-0.2, -0.15) is 17.6 Å². The van der Waals surface area contributed by atoms with Gasteiger partial charge in [-0.25, -0.2) is 4.98 Å². The van der Waals surface area contributed by atoms with Crippen LogP contribution in [0.5, 0.6) is 11.5 Å². The summed E-state index contributed by atoms with van der Waals surface area (Å²) in [5, 5.41) is 0.560. The van der Waals surface area contributed by atoms with Crippen molar-refractivity contribution in [1.29, 1.82) is 0 Å². The van der Waals surface area contributed by atoms with Gasteiger partial charge in [0.25, 0.3) is 0 Å². The van der Waals surface area contributed by atoms with E-state index in [4.69, 9.17) is 4.74 Å². The van der Waals surface area contributed by atoms with Crippen LogP contribution in [0, 0.1) is 0 Å². The molecule has 1 heterocycles. The molecule has 0 radical (unpaired) electrons. The SMILES string of the molecule is COc1ccc(N(C)C)c(CSc2nc3cc(OC(F)(F)C(F)F)ccc3[nH]2)c1. The van der Waals surface area contributed by atoms with Gasteiger partial charge in [-0.3, -0.25) is 0 Å². The molecule has 5 nitrogen and oxygen atoms in total. The van der Waals surface area contributed by atoms with Gasteiger partial charge >= 0.3 is 12.5 Å². The molecule has 0 aliphatic heterocycles. The number of rotatable bonds is 8. The number of hydrogen-bond acceptors (Lipinski definition) is 5. The molecule has 3 aromatic rings. The predicted octanol–water partition coefficient (Wildman–Crippen LogP) is 5.17. The van der Waals surface area contributed by atoms with Gasteiger partial charge in [0.1, 0.15) is 11.5 Å². The van der Waals surface area contributed by atoms with Gasteiger partial charge in [0.2, 0.25) is 0 Å². The lowest BCUT2D eigenvalue weighted by Gasteiger charge is -2.18. The molecule has 0 aliphatic carbocycles. The number of anilines is 1. The first-order chi connectivity index (χ1) is 13.7. The molecule has 1 aromatic heterocycles. The van der Waals surface area contributed by atoms with Crippen molar-refractivity contribution in [1.82, 2.24) is 9.97 Å². The maximum atomic E-state index is 13.1. The number of thioether (sulfide) groups is 1. The average molecular weight is 429 g/mol. The van der Waals surface area contributed by atoms with Crippen LogP contribution >= 0.6 is 11.8 Å². The Balaban J connectivity index is 1.78. The van der Waals surface area contributed by atoms with Crippen LogP contribution in [0.15, 0.2) is 41.6 Å². The minimum atomic E-state index is -4.56. The molecule has 0 bridgehead atoms. The van der Waals surface area contributed by atoms with Crippen LogP contribution in [-0.2, 0) is 5.75 Å². The van der Waals surface area contributed by atoms with Crippen molar-refractivity contribution in [2.45, 2.75) is 23.4 Å². The van der Waals surface area contributed by atoms with Gasteiger partial charge in [-0.05, 0) is 35.9 Å². The number of aromatic nitrogens is 2. The number of imidazole rings is 1. The highest BCUT2D eigenvalue weighted by Crippen LogP contribution is 2.32. The third kappa shape index (κ3) is 4.87. The molecule has 0 spiro atoms. The molecule has 29 heavy (non-hydrogen) atoms. The third-order valence-corrected chi connectivity index (χ3v) is 5.00. The highest BCUT2D eigenvalue weighted by molar-refractivity contribution is 7.98. The van der Waals surface area contributed by atoms with Gasteiger partial charge in [0, 0.05) is 31.6 Å². The van der Waals surface area contributed by atoms with Crippen molar-refractivity contribution in [3.63, 3.8) is 0 Å². The van der Waals surface area contributed by atoms with E-state index in [9.17, 15) is 17.6 Å². The minimum absolute atomic E-state index is 0.341. The van der Waals surface area contributed by atoms with E-state index in [1.165, 1.54) is 30.0 Å².